The van der Waals surface area contributed by atoms with Crippen LogP contribution in [0.15, 0.2) is 54.6 Å². The van der Waals surface area contributed by atoms with E-state index in [1.54, 1.807) is 26.4 Å². The Morgan fingerprint density at radius 3 is 2.45 bits per heavy atom. The van der Waals surface area contributed by atoms with Crippen molar-refractivity contribution in [3.05, 3.63) is 76.3 Å². The summed E-state index contributed by atoms with van der Waals surface area (Å²) in [5.74, 6) is -0.739. The number of rotatable bonds is 9. The van der Waals surface area contributed by atoms with Gasteiger partial charge in [0.25, 0.3) is 5.79 Å². The van der Waals surface area contributed by atoms with Crippen LogP contribution in [0.5, 0.6) is 11.5 Å². The minimum absolute atomic E-state index is 0. The molecule has 2 aliphatic rings. The van der Waals surface area contributed by atoms with Gasteiger partial charge in [-0.2, -0.15) is 4.89 Å². The van der Waals surface area contributed by atoms with Crippen molar-refractivity contribution in [2.24, 2.45) is 11.8 Å². The fourth-order valence-corrected chi connectivity index (χ4v) is 5.73. The quantitative estimate of drug-likeness (QED) is 0.194. The van der Waals surface area contributed by atoms with Crippen molar-refractivity contribution >= 4 is 23.6 Å². The Morgan fingerprint density at radius 2 is 1.89 bits per heavy atom. The number of carboxylic acids is 1. The maximum absolute atomic E-state index is 11.2. The van der Waals surface area contributed by atoms with E-state index < -0.39 is 17.4 Å². The summed E-state index contributed by atoms with van der Waals surface area (Å²) < 4.78 is 17.4. The van der Waals surface area contributed by atoms with Gasteiger partial charge in [-0.1, -0.05) is 54.9 Å². The molecule has 0 bridgehead atoms. The monoisotopic (exact) mass is 617 g/mol. The van der Waals surface area contributed by atoms with E-state index in [2.05, 4.69) is 13.5 Å². The van der Waals surface area contributed by atoms with Crippen LogP contribution in [0.4, 0.5) is 0 Å². The molecule has 1 aliphatic carbocycles. The van der Waals surface area contributed by atoms with Gasteiger partial charge in [0, 0.05) is 62.9 Å². The van der Waals surface area contributed by atoms with Gasteiger partial charge in [-0.25, -0.2) is 9.68 Å². The van der Waals surface area contributed by atoms with Crippen molar-refractivity contribution < 1.29 is 66.6 Å². The number of methoxy groups -OCH3 is 2. The van der Waals surface area contributed by atoms with Crippen LogP contribution in [0.3, 0.4) is 0 Å². The minimum atomic E-state index is -1.28. The zero-order valence-corrected chi connectivity index (χ0v) is 25.8. The summed E-state index contributed by atoms with van der Waals surface area (Å²) in [7, 11) is 3.17. The smallest absolute Gasteiger partial charge is 0.328 e. The van der Waals surface area contributed by atoms with Crippen LogP contribution in [0.1, 0.15) is 49.8 Å². The Labute approximate surface area is 253 Å². The summed E-state index contributed by atoms with van der Waals surface area (Å²) in [4.78, 5) is 22.8. The molecule has 1 saturated heterocycles. The second-order valence-electron chi connectivity index (χ2n) is 9.94. The predicted molar refractivity (Wildman–Crippen MR) is 140 cm³/mol. The van der Waals surface area contributed by atoms with Gasteiger partial charge in [0.05, 0.1) is 12.1 Å². The molecule has 0 amide bonds. The molecule has 4 unspecified atom stereocenters. The van der Waals surface area contributed by atoms with Crippen molar-refractivity contribution in [1.29, 1.82) is 0 Å². The van der Waals surface area contributed by atoms with E-state index in [4.69, 9.17) is 35.6 Å². The fraction of sp³-hybridized carbons (Fsp3) is 0.414. The van der Waals surface area contributed by atoms with E-state index in [0.717, 1.165) is 36.7 Å². The van der Waals surface area contributed by atoms with Gasteiger partial charge in [0.15, 0.2) is 5.60 Å². The van der Waals surface area contributed by atoms with Crippen LogP contribution in [-0.4, -0.2) is 30.9 Å². The molecule has 201 valence electrons. The first-order chi connectivity index (χ1) is 17.6. The molecule has 1 N–H and O–H groups in total. The van der Waals surface area contributed by atoms with Crippen molar-refractivity contribution in [3.8, 4) is 11.5 Å². The molecule has 2 aromatic rings. The number of benzene rings is 2. The van der Waals surface area contributed by atoms with Crippen molar-refractivity contribution in [1.82, 2.24) is 0 Å². The number of ether oxygens (including phenoxy) is 3. The second-order valence-corrected chi connectivity index (χ2v) is 10.3. The summed E-state index contributed by atoms with van der Waals surface area (Å²) in [5, 5.41) is 9.44. The Balaban J connectivity index is 0.00000400. The molecule has 1 heterocycles. The summed E-state index contributed by atoms with van der Waals surface area (Å²) in [5.41, 5.74) is 2.30. The van der Waals surface area contributed by atoms with Gasteiger partial charge in [0.1, 0.15) is 18.1 Å². The van der Waals surface area contributed by atoms with Crippen LogP contribution in [-0.2, 0) is 64.4 Å². The molecular formula is C29H33ClO7Y. The van der Waals surface area contributed by atoms with Crippen LogP contribution < -0.4 is 9.47 Å². The van der Waals surface area contributed by atoms with Crippen molar-refractivity contribution in [2.75, 3.05) is 14.2 Å². The number of hydrogen-bond acceptors (Lipinski definition) is 6. The number of aliphatic carboxylic acids is 1. The number of hydrogen-bond donors (Lipinski definition) is 1. The first kappa shape index (κ1) is 30.8. The molecule has 2 aromatic carbocycles. The van der Waals surface area contributed by atoms with Crippen LogP contribution in [0.25, 0.3) is 6.08 Å². The van der Waals surface area contributed by atoms with Gasteiger partial charge < -0.3 is 19.3 Å². The average Bonchev–Trinajstić information content (AvgIpc) is 2.87. The predicted octanol–water partition coefficient (Wildman–Crippen LogP) is 6.54. The first-order valence-electron chi connectivity index (χ1n) is 12.2. The molecule has 1 saturated carbocycles. The summed E-state index contributed by atoms with van der Waals surface area (Å²) in [6.45, 7) is 8.61. The maximum atomic E-state index is 11.2. The molecular weight excluding hydrogens is 585 g/mol. The zero-order chi connectivity index (χ0) is 26.8. The first-order valence-corrected chi connectivity index (χ1v) is 12.6. The third-order valence-electron chi connectivity index (χ3n) is 7.34. The number of allylic oxidation sites excluding steroid dienone is 1. The molecule has 0 aromatic heterocycles. The standard InChI is InChI=1S/C29H33ClO7.Y/c1-18-14-19(2)16-22(15-18)28(3)29(34-5,37-36-28)24-12-8-21(9-13-25(31)32)27(26(24)30)35-17-20-6-10-23(33-4)11-7-20;/h6-13,19,22H,1,14-17H2,2-5H3,(H,31,32);/b13-9+;. The van der Waals surface area contributed by atoms with Gasteiger partial charge in [-0.05, 0) is 55.9 Å². The van der Waals surface area contributed by atoms with E-state index in [1.807, 2.05) is 31.2 Å². The Hall–Kier alpha value is -1.74. The fourth-order valence-electron chi connectivity index (χ4n) is 5.38. The average molecular weight is 618 g/mol. The van der Waals surface area contributed by atoms with Gasteiger partial charge in [-0.15, -0.1) is 0 Å². The topological polar surface area (TPSA) is 83.5 Å². The molecule has 4 rings (SSSR count). The number of halogens is 1. The summed E-state index contributed by atoms with van der Waals surface area (Å²) >= 11 is 6.98. The van der Waals surface area contributed by atoms with Gasteiger partial charge >= 0.3 is 5.97 Å². The van der Waals surface area contributed by atoms with Gasteiger partial charge in [-0.3, -0.25) is 0 Å². The third kappa shape index (κ3) is 5.88. The maximum Gasteiger partial charge on any atom is 0.328 e. The normalized spacial score (nSPS) is 26.9. The Morgan fingerprint density at radius 1 is 1.18 bits per heavy atom. The Kier molecular flexibility index (Phi) is 10.2. The van der Waals surface area contributed by atoms with Gasteiger partial charge in [0.2, 0.25) is 0 Å². The molecule has 0 spiro atoms. The summed E-state index contributed by atoms with van der Waals surface area (Å²) in [6.07, 6.45) is 5.21. The molecule has 38 heavy (non-hydrogen) atoms. The molecule has 1 aliphatic heterocycles. The van der Waals surface area contributed by atoms with E-state index in [-0.39, 0.29) is 50.3 Å². The SMILES string of the molecule is C=C1CC(C)CC(C2(C)OOC2(OC)c2ccc(/C=C/C(=O)O)c(OCc3ccc(OC)cc3)c2Cl)C1.[Y]. The van der Waals surface area contributed by atoms with Crippen molar-refractivity contribution in [2.45, 2.75) is 51.1 Å². The largest absolute Gasteiger partial charge is 0.497 e. The number of carbonyl (C=O) groups is 1. The number of carboxylic acid groups (broad SMARTS) is 1. The molecule has 2 fully saturated rings. The van der Waals surface area contributed by atoms with Crippen LogP contribution >= 0.6 is 11.6 Å². The van der Waals surface area contributed by atoms with Crippen LogP contribution in [0, 0.1) is 11.8 Å². The molecule has 9 heteroatoms. The third-order valence-corrected chi connectivity index (χ3v) is 7.72. The van der Waals surface area contributed by atoms with E-state index >= 15 is 0 Å². The molecule has 4 atom stereocenters. The van der Waals surface area contributed by atoms with E-state index in [9.17, 15) is 9.90 Å². The molecule has 1 radical (unpaired) electrons. The summed E-state index contributed by atoms with van der Waals surface area (Å²) in [6, 6.07) is 11.0. The zero-order valence-electron chi connectivity index (χ0n) is 22.2. The Bertz CT molecular complexity index is 1190. The van der Waals surface area contributed by atoms with Crippen molar-refractivity contribution in [3.63, 3.8) is 0 Å². The second kappa shape index (κ2) is 12.6. The van der Waals surface area contributed by atoms with Crippen LogP contribution in [0.2, 0.25) is 5.02 Å². The molecule has 7 nitrogen and oxygen atoms in total. The minimum Gasteiger partial charge on any atom is -0.497 e. The van der Waals surface area contributed by atoms with E-state index in [1.165, 1.54) is 11.6 Å². The van der Waals surface area contributed by atoms with E-state index in [0.29, 0.717) is 22.8 Å².